The summed E-state index contributed by atoms with van der Waals surface area (Å²) in [6, 6.07) is 10.5. The van der Waals surface area contributed by atoms with Gasteiger partial charge in [0.15, 0.2) is 5.76 Å². The molecule has 0 aliphatic carbocycles. The van der Waals surface area contributed by atoms with Crippen LogP contribution in [0, 0.1) is 11.3 Å². The molecule has 2 saturated heterocycles. The van der Waals surface area contributed by atoms with Gasteiger partial charge in [0.25, 0.3) is 5.91 Å². The van der Waals surface area contributed by atoms with Gasteiger partial charge >= 0.3 is 12.1 Å². The van der Waals surface area contributed by atoms with Gasteiger partial charge < -0.3 is 38.2 Å². The number of benzene rings is 1. The summed E-state index contributed by atoms with van der Waals surface area (Å²) in [7, 11) is 1.56. The van der Waals surface area contributed by atoms with E-state index in [-0.39, 0.29) is 76.4 Å². The molecule has 1 aromatic carbocycles. The Morgan fingerprint density at radius 1 is 0.979 bits per heavy atom. The minimum absolute atomic E-state index is 0.0410. The van der Waals surface area contributed by atoms with Crippen LogP contribution in [0.4, 0.5) is 4.79 Å². The first-order chi connectivity index (χ1) is 22.4. The number of likely N-dealkylation sites (tertiary alicyclic amines) is 1. The zero-order valence-electron chi connectivity index (χ0n) is 27.5. The number of carbonyl (C=O) groups is 5. The van der Waals surface area contributed by atoms with Gasteiger partial charge in [-0.2, -0.15) is 0 Å². The monoisotopic (exact) mass is 650 g/mol. The molecule has 13 nitrogen and oxygen atoms in total. The Bertz CT molecular complexity index is 1520. The summed E-state index contributed by atoms with van der Waals surface area (Å²) < 4.78 is 21.7. The first kappa shape index (κ1) is 33.6. The van der Waals surface area contributed by atoms with Crippen molar-refractivity contribution in [1.29, 1.82) is 0 Å². The van der Waals surface area contributed by atoms with Crippen LogP contribution in [0.2, 0.25) is 0 Å². The lowest BCUT2D eigenvalue weighted by atomic mass is 9.71. The molecule has 13 heteroatoms. The number of piperazine rings is 1. The molecule has 0 spiro atoms. The molecule has 0 saturated carbocycles. The minimum Gasteiger partial charge on any atom is -0.497 e. The molecule has 252 valence electrons. The van der Waals surface area contributed by atoms with Gasteiger partial charge in [-0.05, 0) is 63.6 Å². The zero-order valence-corrected chi connectivity index (χ0v) is 27.5. The summed E-state index contributed by atoms with van der Waals surface area (Å²) in [6.45, 7) is 8.07. The van der Waals surface area contributed by atoms with Crippen molar-refractivity contribution in [2.24, 2.45) is 11.3 Å². The Balaban J connectivity index is 1.44. The molecular formula is C34H42N4O9. The van der Waals surface area contributed by atoms with E-state index in [1.807, 2.05) is 12.1 Å². The lowest BCUT2D eigenvalue weighted by Crippen LogP contribution is -2.55. The van der Waals surface area contributed by atoms with Gasteiger partial charge in [-0.15, -0.1) is 0 Å². The van der Waals surface area contributed by atoms with E-state index in [0.29, 0.717) is 11.4 Å². The third kappa shape index (κ3) is 6.84. The topological polar surface area (TPSA) is 139 Å². The van der Waals surface area contributed by atoms with Crippen LogP contribution in [0.3, 0.4) is 0 Å². The van der Waals surface area contributed by atoms with Crippen molar-refractivity contribution < 1.29 is 42.6 Å². The lowest BCUT2D eigenvalue weighted by Gasteiger charge is -2.41. The summed E-state index contributed by atoms with van der Waals surface area (Å²) in [4.78, 5) is 74.5. The number of nitrogens with zero attached hydrogens (tertiary/aromatic N) is 4. The van der Waals surface area contributed by atoms with Gasteiger partial charge in [0.1, 0.15) is 16.8 Å². The number of ether oxygens (including phenoxy) is 3. The molecule has 2 atom stereocenters. The second kappa shape index (κ2) is 13.5. The quantitative estimate of drug-likeness (QED) is 0.394. The van der Waals surface area contributed by atoms with Crippen LogP contribution in [-0.2, 0) is 30.4 Å². The highest BCUT2D eigenvalue weighted by Crippen LogP contribution is 2.51. The Hall–Kier alpha value is -4.81. The second-order valence-electron chi connectivity index (χ2n) is 12.8. The van der Waals surface area contributed by atoms with E-state index in [4.69, 9.17) is 18.6 Å². The first-order valence-corrected chi connectivity index (χ1v) is 15.8. The number of methoxy groups -OCH3 is 1. The molecule has 5 rings (SSSR count). The van der Waals surface area contributed by atoms with Gasteiger partial charge in [-0.3, -0.25) is 19.2 Å². The fourth-order valence-corrected chi connectivity index (χ4v) is 6.38. The number of esters is 1. The van der Waals surface area contributed by atoms with Crippen LogP contribution in [-0.4, -0.2) is 108 Å². The van der Waals surface area contributed by atoms with Gasteiger partial charge in [0, 0.05) is 51.4 Å². The standard InChI is InChI=1S/C34H42N4O9/c1-6-45-31(42)34-22-37(32(43)47-33(2,3)4)14-13-27(34)38(21-23-9-11-24(44-5)12-10-23)29(40)25(34)20-28(39)35-15-17-36(18-16-35)30(41)26-8-7-19-46-26/h7-13,19,25H,6,14-18,20-22H2,1-5H3/t25-,34-/m1/s1. The largest absolute Gasteiger partial charge is 0.497 e. The minimum atomic E-state index is -1.64. The predicted molar refractivity (Wildman–Crippen MR) is 168 cm³/mol. The molecule has 0 radical (unpaired) electrons. The van der Waals surface area contributed by atoms with E-state index in [1.54, 1.807) is 74.9 Å². The summed E-state index contributed by atoms with van der Waals surface area (Å²) in [5, 5.41) is 0. The SMILES string of the molecule is CCOC(=O)[C@@]12CN(C(=O)OC(C)(C)C)CC=C1N(Cc1ccc(OC)cc1)C(=O)[C@H]2CC(=O)N1CCN(C(=O)c2ccco2)CC1. The highest BCUT2D eigenvalue weighted by atomic mass is 16.6. The van der Waals surface area contributed by atoms with Crippen molar-refractivity contribution in [3.63, 3.8) is 0 Å². The third-order valence-corrected chi connectivity index (χ3v) is 8.67. The van der Waals surface area contributed by atoms with Gasteiger partial charge in [0.2, 0.25) is 11.8 Å². The van der Waals surface area contributed by atoms with Crippen molar-refractivity contribution in [3.05, 3.63) is 65.8 Å². The number of fused-ring (bicyclic) bond motifs is 1. The van der Waals surface area contributed by atoms with E-state index in [9.17, 15) is 24.0 Å². The number of amides is 4. The summed E-state index contributed by atoms with van der Waals surface area (Å²) in [5.41, 5.74) is -1.23. The smallest absolute Gasteiger partial charge is 0.410 e. The van der Waals surface area contributed by atoms with Crippen molar-refractivity contribution in [2.75, 3.05) is 53.0 Å². The molecule has 2 fully saturated rings. The van der Waals surface area contributed by atoms with Crippen LogP contribution in [0.1, 0.15) is 50.2 Å². The third-order valence-electron chi connectivity index (χ3n) is 8.67. The van der Waals surface area contributed by atoms with Crippen LogP contribution in [0.25, 0.3) is 0 Å². The fraction of sp³-hybridized carbons (Fsp3) is 0.500. The molecule has 1 aromatic heterocycles. The normalized spacial score (nSPS) is 21.3. The summed E-state index contributed by atoms with van der Waals surface area (Å²) in [5.74, 6) is -1.96. The molecule has 0 unspecified atom stereocenters. The molecule has 3 aliphatic rings. The maximum atomic E-state index is 14.4. The Morgan fingerprint density at radius 2 is 1.66 bits per heavy atom. The number of carbonyl (C=O) groups excluding carboxylic acids is 5. The average molecular weight is 651 g/mol. The second-order valence-corrected chi connectivity index (χ2v) is 12.8. The molecular weight excluding hydrogens is 608 g/mol. The van der Waals surface area contributed by atoms with Gasteiger partial charge in [-0.1, -0.05) is 12.1 Å². The predicted octanol–water partition coefficient (Wildman–Crippen LogP) is 3.31. The van der Waals surface area contributed by atoms with E-state index >= 15 is 0 Å². The molecule has 4 amide bonds. The Labute approximate surface area is 274 Å². The highest BCUT2D eigenvalue weighted by Gasteiger charge is 2.64. The summed E-state index contributed by atoms with van der Waals surface area (Å²) >= 11 is 0. The Kier molecular flexibility index (Phi) is 9.64. The molecule has 47 heavy (non-hydrogen) atoms. The zero-order chi connectivity index (χ0) is 33.9. The maximum Gasteiger partial charge on any atom is 0.410 e. The van der Waals surface area contributed by atoms with Crippen molar-refractivity contribution in [1.82, 2.24) is 19.6 Å². The van der Waals surface area contributed by atoms with Crippen molar-refractivity contribution in [3.8, 4) is 5.75 Å². The van der Waals surface area contributed by atoms with E-state index in [2.05, 4.69) is 0 Å². The molecule has 0 bridgehead atoms. The molecule has 0 N–H and O–H groups in total. The van der Waals surface area contributed by atoms with Crippen molar-refractivity contribution >= 4 is 29.8 Å². The van der Waals surface area contributed by atoms with Gasteiger partial charge in [-0.25, -0.2) is 4.79 Å². The van der Waals surface area contributed by atoms with Gasteiger partial charge in [0.05, 0.1) is 32.4 Å². The lowest BCUT2D eigenvalue weighted by molar-refractivity contribution is -0.159. The average Bonchev–Trinajstić information content (AvgIpc) is 3.67. The molecule has 3 aliphatic heterocycles. The molecule has 2 aromatic rings. The number of rotatable bonds is 8. The number of hydrogen-bond donors (Lipinski definition) is 0. The van der Waals surface area contributed by atoms with E-state index in [0.717, 1.165) is 5.56 Å². The Morgan fingerprint density at radius 3 is 2.26 bits per heavy atom. The molecule has 4 heterocycles. The van der Waals surface area contributed by atoms with E-state index < -0.39 is 34.9 Å². The number of hydrogen-bond acceptors (Lipinski definition) is 9. The summed E-state index contributed by atoms with van der Waals surface area (Å²) in [6.07, 6.45) is 2.19. The first-order valence-electron chi connectivity index (χ1n) is 15.8. The van der Waals surface area contributed by atoms with Crippen LogP contribution >= 0.6 is 0 Å². The fourth-order valence-electron chi connectivity index (χ4n) is 6.38. The van der Waals surface area contributed by atoms with Crippen LogP contribution in [0.5, 0.6) is 5.75 Å². The van der Waals surface area contributed by atoms with Crippen LogP contribution < -0.4 is 4.74 Å². The number of furan rings is 1. The highest BCUT2D eigenvalue weighted by molar-refractivity contribution is 5.99. The van der Waals surface area contributed by atoms with E-state index in [1.165, 1.54) is 16.1 Å². The maximum absolute atomic E-state index is 14.4. The van der Waals surface area contributed by atoms with Crippen molar-refractivity contribution in [2.45, 2.75) is 46.3 Å². The van der Waals surface area contributed by atoms with Crippen LogP contribution in [0.15, 0.2) is 58.9 Å².